The third kappa shape index (κ3) is 3.04. The number of para-hydroxylation sites is 2. The Hall–Kier alpha value is -3.89. The number of hydrogen-bond acceptors (Lipinski definition) is 3. The van der Waals surface area contributed by atoms with Crippen molar-refractivity contribution in [3.05, 3.63) is 107 Å². The first-order chi connectivity index (χ1) is 18.6. The Morgan fingerprint density at radius 1 is 0.789 bits per heavy atom. The topological polar surface area (TPSA) is 26.6 Å². The molecule has 2 aliphatic heterocycles. The maximum atomic E-state index is 7.25. The summed E-state index contributed by atoms with van der Waals surface area (Å²) in [6, 6.07) is 29.4. The molecule has 1 aromatic heterocycles. The maximum absolute atomic E-state index is 7.25. The lowest BCUT2D eigenvalue weighted by atomic mass is 9.74. The van der Waals surface area contributed by atoms with Crippen LogP contribution in [0.3, 0.4) is 0 Å². The second-order valence-corrected chi connectivity index (χ2v) is 10.3. The van der Waals surface area contributed by atoms with E-state index in [2.05, 4.69) is 90.9 Å². The first-order valence-electron chi connectivity index (χ1n) is 13.4. The highest BCUT2D eigenvalue weighted by molar-refractivity contribution is 6.30. The average molecular weight is 521 g/mol. The molecule has 0 fully saturated rings. The molecule has 4 aromatic carbocycles. The third-order valence-electron chi connectivity index (χ3n) is 8.06. The van der Waals surface area contributed by atoms with E-state index in [0.29, 0.717) is 5.02 Å². The Balaban J connectivity index is 1.65. The number of fused-ring (bicyclic) bond motifs is 10. The Morgan fingerprint density at radius 2 is 1.58 bits per heavy atom. The molecule has 0 amide bonds. The number of aryl methyl sites for hydroxylation is 1. The molecular weight excluding hydrogens is 492 g/mol. The van der Waals surface area contributed by atoms with E-state index >= 15 is 0 Å². The summed E-state index contributed by atoms with van der Waals surface area (Å²) in [6.07, 6.45) is 0. The van der Waals surface area contributed by atoms with Gasteiger partial charge in [-0.1, -0.05) is 41.9 Å². The van der Waals surface area contributed by atoms with Crippen molar-refractivity contribution in [2.75, 3.05) is 18.0 Å². The van der Waals surface area contributed by atoms with Crippen LogP contribution < -0.4 is 14.4 Å². The molecule has 0 saturated carbocycles. The van der Waals surface area contributed by atoms with E-state index in [1.54, 1.807) is 0 Å². The Kier molecular flexibility index (Phi) is 5.24. The van der Waals surface area contributed by atoms with Gasteiger partial charge in [-0.05, 0) is 69.3 Å². The number of halogens is 1. The number of aromatic nitrogens is 1. The smallest absolute Gasteiger partial charge is 0.194 e. The van der Waals surface area contributed by atoms with Crippen LogP contribution in [0.15, 0.2) is 84.9 Å². The molecule has 0 bridgehead atoms. The molecule has 1 spiro atoms. The zero-order chi connectivity index (χ0) is 26.0. The summed E-state index contributed by atoms with van der Waals surface area (Å²) in [5.74, 6) is 2.42. The van der Waals surface area contributed by atoms with E-state index < -0.39 is 5.60 Å². The highest BCUT2D eigenvalue weighted by Gasteiger charge is 2.52. The normalized spacial score (nSPS) is 16.7. The number of benzene rings is 4. The standard InChI is InChI=1S/C33H29ClN2O2/c1-4-35(5-2)22-16-17-25-30(20-22)37-29-18-15-21(34)19-26(29)33(25)31-23-11-7-9-13-27(23)36(6-3)32(31)24-12-8-10-14-28(24)38-33/h7-20H,4-6H2,1-3H3. The van der Waals surface area contributed by atoms with Crippen molar-refractivity contribution in [3.8, 4) is 28.5 Å². The van der Waals surface area contributed by atoms with Gasteiger partial charge in [0.15, 0.2) is 5.60 Å². The molecule has 3 heterocycles. The average Bonchev–Trinajstić information content (AvgIpc) is 3.29. The van der Waals surface area contributed by atoms with E-state index in [1.807, 2.05) is 24.3 Å². The van der Waals surface area contributed by atoms with Crippen LogP contribution in [0, 0.1) is 0 Å². The van der Waals surface area contributed by atoms with Crippen LogP contribution in [0.4, 0.5) is 5.69 Å². The lowest BCUT2D eigenvalue weighted by molar-refractivity contribution is 0.139. The molecule has 2 aliphatic rings. The quantitative estimate of drug-likeness (QED) is 0.237. The highest BCUT2D eigenvalue weighted by Crippen LogP contribution is 2.60. The van der Waals surface area contributed by atoms with Gasteiger partial charge in [0.05, 0.1) is 5.69 Å². The van der Waals surface area contributed by atoms with Gasteiger partial charge >= 0.3 is 0 Å². The predicted molar refractivity (Wildman–Crippen MR) is 155 cm³/mol. The first-order valence-corrected chi connectivity index (χ1v) is 13.8. The summed E-state index contributed by atoms with van der Waals surface area (Å²) in [5, 5.41) is 1.82. The van der Waals surface area contributed by atoms with Gasteiger partial charge in [-0.25, -0.2) is 0 Å². The van der Waals surface area contributed by atoms with Crippen molar-refractivity contribution in [1.82, 2.24) is 4.57 Å². The number of anilines is 1. The minimum Gasteiger partial charge on any atom is -0.472 e. The van der Waals surface area contributed by atoms with Crippen molar-refractivity contribution in [3.63, 3.8) is 0 Å². The zero-order valence-electron chi connectivity index (χ0n) is 21.8. The predicted octanol–water partition coefficient (Wildman–Crippen LogP) is 8.62. The van der Waals surface area contributed by atoms with Gasteiger partial charge in [-0.15, -0.1) is 0 Å². The summed E-state index contributed by atoms with van der Waals surface area (Å²) < 4.78 is 16.3. The van der Waals surface area contributed by atoms with Gasteiger partial charge in [0, 0.05) is 69.6 Å². The molecule has 5 heteroatoms. The molecule has 4 nitrogen and oxygen atoms in total. The van der Waals surface area contributed by atoms with E-state index in [-0.39, 0.29) is 0 Å². The van der Waals surface area contributed by atoms with Gasteiger partial charge in [-0.2, -0.15) is 0 Å². The Labute approximate surface area is 228 Å². The Bertz CT molecular complexity index is 1720. The first kappa shape index (κ1) is 23.2. The molecule has 0 N–H and O–H groups in total. The number of ether oxygens (including phenoxy) is 2. The summed E-state index contributed by atoms with van der Waals surface area (Å²) in [6.45, 7) is 9.24. The number of rotatable bonds is 4. The molecule has 0 radical (unpaired) electrons. The second-order valence-electron chi connectivity index (χ2n) is 9.86. The van der Waals surface area contributed by atoms with Crippen LogP contribution in [-0.2, 0) is 12.1 Å². The zero-order valence-corrected chi connectivity index (χ0v) is 22.5. The van der Waals surface area contributed by atoms with Crippen molar-refractivity contribution < 1.29 is 9.47 Å². The molecule has 0 saturated heterocycles. The fourth-order valence-corrected chi connectivity index (χ4v) is 6.59. The van der Waals surface area contributed by atoms with Gasteiger partial charge in [0.1, 0.15) is 17.2 Å². The SMILES string of the molecule is CCN(CC)c1ccc2c(c1)Oc1ccc(Cl)cc1C21Oc2ccccc2-c2c1c1ccccc1n2CC. The molecule has 0 aliphatic carbocycles. The van der Waals surface area contributed by atoms with E-state index in [0.717, 1.165) is 64.8 Å². The number of hydrogen-bond donors (Lipinski definition) is 0. The van der Waals surface area contributed by atoms with E-state index in [4.69, 9.17) is 21.1 Å². The van der Waals surface area contributed by atoms with Crippen molar-refractivity contribution in [2.45, 2.75) is 32.9 Å². The van der Waals surface area contributed by atoms with Gasteiger partial charge in [0.2, 0.25) is 0 Å². The largest absolute Gasteiger partial charge is 0.472 e. The summed E-state index contributed by atoms with van der Waals surface area (Å²) in [4.78, 5) is 2.33. The van der Waals surface area contributed by atoms with Crippen molar-refractivity contribution >= 4 is 28.2 Å². The second kappa shape index (κ2) is 8.57. The fraction of sp³-hybridized carbons (Fsp3) is 0.212. The van der Waals surface area contributed by atoms with Gasteiger partial charge in [0.25, 0.3) is 0 Å². The van der Waals surface area contributed by atoms with Crippen molar-refractivity contribution in [2.24, 2.45) is 0 Å². The van der Waals surface area contributed by atoms with Crippen LogP contribution in [0.25, 0.3) is 22.2 Å². The van der Waals surface area contributed by atoms with Crippen LogP contribution in [0.2, 0.25) is 5.02 Å². The summed E-state index contributed by atoms with van der Waals surface area (Å²) in [5.41, 5.74) is 6.71. The Morgan fingerprint density at radius 3 is 2.39 bits per heavy atom. The minimum atomic E-state index is -0.931. The van der Waals surface area contributed by atoms with E-state index in [9.17, 15) is 0 Å². The third-order valence-corrected chi connectivity index (χ3v) is 8.29. The fourth-order valence-electron chi connectivity index (χ4n) is 6.42. The lowest BCUT2D eigenvalue weighted by Gasteiger charge is -2.44. The molecule has 5 aromatic rings. The van der Waals surface area contributed by atoms with Crippen LogP contribution in [-0.4, -0.2) is 17.7 Å². The number of nitrogens with zero attached hydrogens (tertiary/aromatic N) is 2. The van der Waals surface area contributed by atoms with Crippen molar-refractivity contribution in [1.29, 1.82) is 0 Å². The molecule has 190 valence electrons. The summed E-state index contributed by atoms with van der Waals surface area (Å²) in [7, 11) is 0. The van der Waals surface area contributed by atoms with Gasteiger partial charge in [-0.3, -0.25) is 0 Å². The molecule has 1 unspecified atom stereocenters. The lowest BCUT2D eigenvalue weighted by Crippen LogP contribution is -2.41. The minimum absolute atomic E-state index is 0.651. The molecule has 38 heavy (non-hydrogen) atoms. The monoisotopic (exact) mass is 520 g/mol. The van der Waals surface area contributed by atoms with E-state index in [1.165, 1.54) is 16.6 Å². The van der Waals surface area contributed by atoms with Crippen LogP contribution >= 0.6 is 11.6 Å². The highest BCUT2D eigenvalue weighted by atomic mass is 35.5. The van der Waals surface area contributed by atoms with Crippen LogP contribution in [0.5, 0.6) is 17.2 Å². The molecular formula is C33H29ClN2O2. The molecule has 7 rings (SSSR count). The molecule has 1 atom stereocenters. The summed E-state index contributed by atoms with van der Waals surface area (Å²) >= 11 is 6.67. The maximum Gasteiger partial charge on any atom is 0.194 e. The van der Waals surface area contributed by atoms with Gasteiger partial charge < -0.3 is 18.9 Å². The van der Waals surface area contributed by atoms with Crippen LogP contribution in [0.1, 0.15) is 37.5 Å².